The summed E-state index contributed by atoms with van der Waals surface area (Å²) in [5, 5.41) is 0. The SMILES string of the molecule is CCCSC(=CCC1=CC(C)(C)C(COC(=O)CCC)C=C1)SCCC(C)(C)C(=O)OCc1ccccc1. The molecular weight excluding hydrogens is 512 g/mol. The smallest absolute Gasteiger partial charge is 0.311 e. The molecule has 0 spiro atoms. The summed E-state index contributed by atoms with van der Waals surface area (Å²) < 4.78 is 12.4. The van der Waals surface area contributed by atoms with Crippen LogP contribution in [0, 0.1) is 16.7 Å². The average Bonchev–Trinajstić information content (AvgIpc) is 2.88. The van der Waals surface area contributed by atoms with Crippen LogP contribution in [0.15, 0.2) is 64.4 Å². The van der Waals surface area contributed by atoms with Gasteiger partial charge in [0.2, 0.25) is 0 Å². The summed E-state index contributed by atoms with van der Waals surface area (Å²) in [6.45, 7) is 13.3. The molecule has 0 saturated heterocycles. The van der Waals surface area contributed by atoms with E-state index in [4.69, 9.17) is 9.47 Å². The lowest BCUT2D eigenvalue weighted by Gasteiger charge is -2.32. The number of hydrogen-bond acceptors (Lipinski definition) is 6. The van der Waals surface area contributed by atoms with Gasteiger partial charge in [-0.1, -0.05) is 82.3 Å². The lowest BCUT2D eigenvalue weighted by Crippen LogP contribution is -2.28. The molecule has 1 aliphatic carbocycles. The van der Waals surface area contributed by atoms with Gasteiger partial charge in [0.25, 0.3) is 0 Å². The van der Waals surface area contributed by atoms with Crippen LogP contribution in [0.25, 0.3) is 0 Å². The van der Waals surface area contributed by atoms with Crippen molar-refractivity contribution in [2.24, 2.45) is 16.7 Å². The molecule has 210 valence electrons. The minimum Gasteiger partial charge on any atom is -0.465 e. The van der Waals surface area contributed by atoms with E-state index in [1.165, 1.54) is 9.81 Å². The van der Waals surface area contributed by atoms with Gasteiger partial charge >= 0.3 is 11.9 Å². The van der Waals surface area contributed by atoms with Crippen molar-refractivity contribution in [2.75, 3.05) is 18.1 Å². The number of carbonyl (C=O) groups is 2. The first kappa shape index (κ1) is 32.3. The predicted octanol–water partition coefficient (Wildman–Crippen LogP) is 8.74. The number of allylic oxidation sites excluding steroid dienone is 4. The van der Waals surface area contributed by atoms with E-state index in [1.54, 1.807) is 0 Å². The second-order valence-corrected chi connectivity index (χ2v) is 13.6. The normalized spacial score (nSPS) is 17.2. The van der Waals surface area contributed by atoms with E-state index in [1.807, 2.05) is 74.6 Å². The van der Waals surface area contributed by atoms with Crippen molar-refractivity contribution in [2.45, 2.75) is 80.3 Å². The first-order valence-corrected chi connectivity index (χ1v) is 15.8. The van der Waals surface area contributed by atoms with Crippen LogP contribution in [0.1, 0.15) is 79.2 Å². The quantitative estimate of drug-likeness (QED) is 0.189. The maximum absolute atomic E-state index is 12.7. The summed E-state index contributed by atoms with van der Waals surface area (Å²) >= 11 is 3.72. The molecule has 0 aliphatic heterocycles. The number of esters is 2. The zero-order valence-electron chi connectivity index (χ0n) is 24.1. The molecule has 1 aliphatic rings. The number of ether oxygens (including phenoxy) is 2. The summed E-state index contributed by atoms with van der Waals surface area (Å²) in [5.41, 5.74) is 1.69. The lowest BCUT2D eigenvalue weighted by atomic mass is 9.74. The molecule has 6 heteroatoms. The van der Waals surface area contributed by atoms with Crippen LogP contribution in [0.2, 0.25) is 0 Å². The van der Waals surface area contributed by atoms with Crippen molar-refractivity contribution < 1.29 is 19.1 Å². The molecule has 1 unspecified atom stereocenters. The summed E-state index contributed by atoms with van der Waals surface area (Å²) in [4.78, 5) is 24.5. The number of carbonyl (C=O) groups excluding carboxylic acids is 2. The Morgan fingerprint density at radius 3 is 2.39 bits per heavy atom. The van der Waals surface area contributed by atoms with E-state index >= 15 is 0 Å². The fraction of sp³-hybridized carbons (Fsp3) is 0.562. The molecular formula is C32H46O4S2. The zero-order valence-corrected chi connectivity index (χ0v) is 25.7. The van der Waals surface area contributed by atoms with Crippen LogP contribution in [0.4, 0.5) is 0 Å². The van der Waals surface area contributed by atoms with E-state index in [-0.39, 0.29) is 23.3 Å². The van der Waals surface area contributed by atoms with Crippen LogP contribution < -0.4 is 0 Å². The van der Waals surface area contributed by atoms with Crippen molar-refractivity contribution >= 4 is 35.5 Å². The van der Waals surface area contributed by atoms with Crippen LogP contribution >= 0.6 is 23.5 Å². The lowest BCUT2D eigenvalue weighted by molar-refractivity contribution is -0.155. The first-order chi connectivity index (χ1) is 18.1. The highest BCUT2D eigenvalue weighted by atomic mass is 32.2. The zero-order chi connectivity index (χ0) is 28.0. The van der Waals surface area contributed by atoms with E-state index in [0.29, 0.717) is 19.6 Å². The van der Waals surface area contributed by atoms with Crippen LogP contribution in [-0.4, -0.2) is 30.1 Å². The van der Waals surface area contributed by atoms with Crippen molar-refractivity contribution in [3.8, 4) is 0 Å². The van der Waals surface area contributed by atoms with Crippen molar-refractivity contribution in [1.82, 2.24) is 0 Å². The molecule has 38 heavy (non-hydrogen) atoms. The Labute approximate surface area is 239 Å². The molecule has 1 aromatic rings. The highest BCUT2D eigenvalue weighted by molar-refractivity contribution is 8.22. The standard InChI is InChI=1S/C32H46O4S2/c1-7-12-28(33)35-24-27-17-15-25(22-32(27,5)6)16-18-29(37-20-8-2)38-21-19-31(3,4)30(34)36-23-26-13-10-9-11-14-26/h9-11,13-15,17-18,22,27H,7-8,12,16,19-21,23-24H2,1-6H3. The van der Waals surface area contributed by atoms with E-state index in [0.717, 1.165) is 42.8 Å². The largest absolute Gasteiger partial charge is 0.465 e. The predicted molar refractivity (Wildman–Crippen MR) is 163 cm³/mol. The van der Waals surface area contributed by atoms with E-state index in [9.17, 15) is 9.59 Å². The molecule has 0 saturated carbocycles. The molecule has 1 aromatic carbocycles. The highest BCUT2D eigenvalue weighted by Gasteiger charge is 2.30. The third-order valence-electron chi connectivity index (χ3n) is 6.62. The summed E-state index contributed by atoms with van der Waals surface area (Å²) in [7, 11) is 0. The second-order valence-electron chi connectivity index (χ2n) is 11.1. The Kier molecular flexibility index (Phi) is 13.8. The average molecular weight is 559 g/mol. The fourth-order valence-corrected chi connectivity index (χ4v) is 6.42. The van der Waals surface area contributed by atoms with Gasteiger partial charge in [0.15, 0.2) is 0 Å². The molecule has 0 bridgehead atoms. The minimum atomic E-state index is -0.531. The van der Waals surface area contributed by atoms with Gasteiger partial charge in [0, 0.05) is 16.6 Å². The van der Waals surface area contributed by atoms with Crippen molar-refractivity contribution in [1.29, 1.82) is 0 Å². The van der Waals surface area contributed by atoms with Gasteiger partial charge in [-0.3, -0.25) is 9.59 Å². The van der Waals surface area contributed by atoms with Crippen LogP contribution in [0.5, 0.6) is 0 Å². The Balaban J connectivity index is 1.89. The molecule has 0 fully saturated rings. The second kappa shape index (κ2) is 16.2. The minimum absolute atomic E-state index is 0.0710. The summed E-state index contributed by atoms with van der Waals surface area (Å²) in [6, 6.07) is 9.81. The number of thioether (sulfide) groups is 2. The van der Waals surface area contributed by atoms with Gasteiger partial charge in [-0.15, -0.1) is 23.5 Å². The molecule has 0 aromatic heterocycles. The van der Waals surface area contributed by atoms with Crippen molar-refractivity contribution in [3.63, 3.8) is 0 Å². The van der Waals surface area contributed by atoms with Gasteiger partial charge < -0.3 is 9.47 Å². The molecule has 0 N–H and O–H groups in total. The molecule has 2 rings (SSSR count). The number of benzene rings is 1. The Bertz CT molecular complexity index is 976. The Morgan fingerprint density at radius 2 is 1.74 bits per heavy atom. The van der Waals surface area contributed by atoms with Gasteiger partial charge in [-0.25, -0.2) is 0 Å². The van der Waals surface area contributed by atoms with E-state index < -0.39 is 5.41 Å². The Hall–Kier alpha value is -1.92. The van der Waals surface area contributed by atoms with Crippen LogP contribution in [0.3, 0.4) is 0 Å². The number of hydrogen-bond donors (Lipinski definition) is 0. The third-order valence-corrected chi connectivity index (χ3v) is 9.25. The van der Waals surface area contributed by atoms with Gasteiger partial charge in [-0.05, 0) is 67.6 Å². The summed E-state index contributed by atoms with van der Waals surface area (Å²) in [5.74, 6) is 1.86. The topological polar surface area (TPSA) is 52.6 Å². The highest BCUT2D eigenvalue weighted by Crippen LogP contribution is 2.38. The first-order valence-electron chi connectivity index (χ1n) is 13.8. The maximum Gasteiger partial charge on any atom is 0.311 e. The molecule has 0 radical (unpaired) electrons. The monoisotopic (exact) mass is 558 g/mol. The van der Waals surface area contributed by atoms with Crippen molar-refractivity contribution in [3.05, 3.63) is 70.0 Å². The Morgan fingerprint density at radius 1 is 1.03 bits per heavy atom. The summed E-state index contributed by atoms with van der Waals surface area (Å²) in [6.07, 6.45) is 13.0. The molecule has 0 amide bonds. The fourth-order valence-electron chi connectivity index (χ4n) is 3.97. The van der Waals surface area contributed by atoms with Crippen LogP contribution in [-0.2, 0) is 25.7 Å². The molecule has 0 heterocycles. The number of rotatable bonds is 16. The maximum atomic E-state index is 12.7. The molecule has 4 nitrogen and oxygen atoms in total. The van der Waals surface area contributed by atoms with Gasteiger partial charge in [-0.2, -0.15) is 0 Å². The van der Waals surface area contributed by atoms with Gasteiger partial charge in [0.05, 0.1) is 12.0 Å². The molecule has 1 atom stereocenters. The van der Waals surface area contributed by atoms with Gasteiger partial charge in [0.1, 0.15) is 6.61 Å². The third kappa shape index (κ3) is 11.4. The van der Waals surface area contributed by atoms with E-state index in [2.05, 4.69) is 45.1 Å².